The Hall–Kier alpha value is -1.85. The second kappa shape index (κ2) is 3.58. The van der Waals surface area contributed by atoms with Gasteiger partial charge in [-0.05, 0) is 5.92 Å². The van der Waals surface area contributed by atoms with E-state index in [9.17, 15) is 9.59 Å². The zero-order valence-electron chi connectivity index (χ0n) is 10.7. The van der Waals surface area contributed by atoms with Crippen LogP contribution in [0.1, 0.15) is 25.5 Å². The molecule has 92 valence electrons. The molecular weight excluding hydrogens is 220 g/mol. The van der Waals surface area contributed by atoms with Crippen LogP contribution in [0.2, 0.25) is 0 Å². The Labute approximate surface area is 98.1 Å². The molecule has 2 heterocycles. The van der Waals surface area contributed by atoms with E-state index in [0.717, 1.165) is 10.3 Å². The van der Waals surface area contributed by atoms with Gasteiger partial charge in [0.15, 0.2) is 0 Å². The molecule has 0 fully saturated rings. The predicted octanol–water partition coefficient (Wildman–Crippen LogP) is 0.0941. The number of hydrogen-bond acceptors (Lipinski definition) is 3. The van der Waals surface area contributed by atoms with Crippen molar-refractivity contribution in [3.8, 4) is 0 Å². The molecule has 0 aliphatic rings. The van der Waals surface area contributed by atoms with Gasteiger partial charge in [0.1, 0.15) is 11.0 Å². The molecule has 0 saturated heterocycles. The van der Waals surface area contributed by atoms with E-state index in [1.165, 1.54) is 11.6 Å². The third kappa shape index (κ3) is 1.44. The largest absolute Gasteiger partial charge is 0.332 e. The highest BCUT2D eigenvalue weighted by atomic mass is 16.2. The van der Waals surface area contributed by atoms with Gasteiger partial charge in [-0.15, -0.1) is 0 Å². The first-order valence-corrected chi connectivity index (χ1v) is 5.48. The van der Waals surface area contributed by atoms with Crippen LogP contribution in [0.4, 0.5) is 0 Å². The van der Waals surface area contributed by atoms with Crippen molar-refractivity contribution in [3.63, 3.8) is 0 Å². The normalized spacial score (nSPS) is 11.6. The first-order chi connectivity index (χ1) is 7.86. The second-order valence-corrected chi connectivity index (χ2v) is 4.57. The van der Waals surface area contributed by atoms with Crippen LogP contribution in [-0.4, -0.2) is 18.9 Å². The van der Waals surface area contributed by atoms with Crippen LogP contribution in [0.5, 0.6) is 0 Å². The molecule has 2 aromatic heterocycles. The van der Waals surface area contributed by atoms with Crippen molar-refractivity contribution in [2.45, 2.75) is 19.8 Å². The van der Waals surface area contributed by atoms with Crippen molar-refractivity contribution in [2.24, 2.45) is 21.1 Å². The summed E-state index contributed by atoms with van der Waals surface area (Å²) in [7, 11) is 4.88. The van der Waals surface area contributed by atoms with Crippen LogP contribution in [0.25, 0.3) is 11.0 Å². The van der Waals surface area contributed by atoms with Crippen molar-refractivity contribution in [1.82, 2.24) is 18.9 Å². The topological polar surface area (TPSA) is 61.8 Å². The van der Waals surface area contributed by atoms with Crippen LogP contribution in [-0.2, 0) is 21.1 Å². The molecule has 0 aliphatic heterocycles. The lowest BCUT2D eigenvalue weighted by molar-refractivity contribution is 0.676. The number of aryl methyl sites for hydroxylation is 2. The van der Waals surface area contributed by atoms with Crippen LogP contribution in [0, 0.1) is 0 Å². The van der Waals surface area contributed by atoms with Gasteiger partial charge in [0.25, 0.3) is 5.56 Å². The van der Waals surface area contributed by atoms with Crippen molar-refractivity contribution in [3.05, 3.63) is 26.5 Å². The number of nitrogens with zero attached hydrogens (tertiary/aromatic N) is 4. The fourth-order valence-corrected chi connectivity index (χ4v) is 2.10. The first kappa shape index (κ1) is 11.6. The lowest BCUT2D eigenvalue weighted by Crippen LogP contribution is -2.37. The molecule has 0 spiro atoms. The lowest BCUT2D eigenvalue weighted by atomic mass is 10.1. The highest BCUT2D eigenvalue weighted by Gasteiger charge is 2.19. The molecule has 6 heteroatoms. The highest BCUT2D eigenvalue weighted by Crippen LogP contribution is 2.19. The maximum atomic E-state index is 12.1. The second-order valence-electron chi connectivity index (χ2n) is 4.57. The summed E-state index contributed by atoms with van der Waals surface area (Å²) in [5.74, 6) is 0.143. The van der Waals surface area contributed by atoms with Gasteiger partial charge >= 0.3 is 5.69 Å². The quantitative estimate of drug-likeness (QED) is 0.705. The molecule has 0 N–H and O–H groups in total. The van der Waals surface area contributed by atoms with Crippen molar-refractivity contribution < 1.29 is 0 Å². The predicted molar refractivity (Wildman–Crippen MR) is 65.3 cm³/mol. The van der Waals surface area contributed by atoms with E-state index in [-0.39, 0.29) is 17.2 Å². The van der Waals surface area contributed by atoms with Crippen molar-refractivity contribution >= 4 is 11.0 Å². The molecule has 0 amide bonds. The zero-order chi connectivity index (χ0) is 12.9. The summed E-state index contributed by atoms with van der Waals surface area (Å²) < 4.78 is 4.17. The zero-order valence-corrected chi connectivity index (χ0v) is 10.7. The van der Waals surface area contributed by atoms with Gasteiger partial charge in [0, 0.05) is 21.1 Å². The van der Waals surface area contributed by atoms with E-state index in [1.807, 2.05) is 13.8 Å². The fourth-order valence-electron chi connectivity index (χ4n) is 2.10. The van der Waals surface area contributed by atoms with Gasteiger partial charge in [-0.3, -0.25) is 18.6 Å². The monoisotopic (exact) mass is 236 g/mol. The molecular formula is C11H16N4O2. The van der Waals surface area contributed by atoms with Crippen LogP contribution >= 0.6 is 0 Å². The molecule has 0 atom stereocenters. The molecule has 0 aromatic carbocycles. The van der Waals surface area contributed by atoms with Gasteiger partial charge in [-0.1, -0.05) is 13.8 Å². The van der Waals surface area contributed by atoms with E-state index in [0.29, 0.717) is 11.0 Å². The minimum Gasteiger partial charge on any atom is -0.281 e. The third-order valence-corrected chi connectivity index (χ3v) is 3.00. The summed E-state index contributed by atoms with van der Waals surface area (Å²) in [6, 6.07) is 0. The molecule has 6 nitrogen and oxygen atoms in total. The lowest BCUT2D eigenvalue weighted by Gasteiger charge is -2.05. The maximum Gasteiger partial charge on any atom is 0.332 e. The molecule has 0 saturated carbocycles. The summed E-state index contributed by atoms with van der Waals surface area (Å²) in [6.45, 7) is 3.96. The van der Waals surface area contributed by atoms with Gasteiger partial charge in [0.2, 0.25) is 0 Å². The Morgan fingerprint density at radius 2 is 1.65 bits per heavy atom. The summed E-state index contributed by atoms with van der Waals surface area (Å²) in [6.07, 6.45) is 0. The fraction of sp³-hybridized carbons (Fsp3) is 0.545. The van der Waals surface area contributed by atoms with Crippen molar-refractivity contribution in [1.29, 1.82) is 0 Å². The summed E-state index contributed by atoms with van der Waals surface area (Å²) in [5, 5.41) is 4.87. The maximum absolute atomic E-state index is 12.1. The number of aromatic nitrogens is 4. The molecule has 0 aliphatic carbocycles. The van der Waals surface area contributed by atoms with Gasteiger partial charge in [0.05, 0.1) is 5.69 Å². The Morgan fingerprint density at radius 1 is 1.06 bits per heavy atom. The third-order valence-electron chi connectivity index (χ3n) is 3.00. The Bertz CT molecular complexity index is 703. The molecule has 17 heavy (non-hydrogen) atoms. The summed E-state index contributed by atoms with van der Waals surface area (Å²) in [4.78, 5) is 24.0. The number of fused-ring (bicyclic) bond motifs is 1. The van der Waals surface area contributed by atoms with Crippen LogP contribution < -0.4 is 11.2 Å². The smallest absolute Gasteiger partial charge is 0.281 e. The van der Waals surface area contributed by atoms with Crippen molar-refractivity contribution in [2.75, 3.05) is 0 Å². The molecule has 0 bridgehead atoms. The number of rotatable bonds is 1. The van der Waals surface area contributed by atoms with E-state index < -0.39 is 0 Å². The average Bonchev–Trinajstić information content (AvgIpc) is 2.61. The Kier molecular flexibility index (Phi) is 2.45. The van der Waals surface area contributed by atoms with E-state index >= 15 is 0 Å². The summed E-state index contributed by atoms with van der Waals surface area (Å²) >= 11 is 0. The highest BCUT2D eigenvalue weighted by molar-refractivity contribution is 5.78. The molecule has 2 rings (SSSR count). The average molecular weight is 236 g/mol. The van der Waals surface area contributed by atoms with Crippen LogP contribution in [0.15, 0.2) is 9.59 Å². The van der Waals surface area contributed by atoms with E-state index in [2.05, 4.69) is 5.10 Å². The summed E-state index contributed by atoms with van der Waals surface area (Å²) in [5.41, 5.74) is 0.696. The van der Waals surface area contributed by atoms with Gasteiger partial charge in [-0.25, -0.2) is 4.79 Å². The number of hydrogen-bond donors (Lipinski definition) is 0. The van der Waals surface area contributed by atoms with Gasteiger partial charge < -0.3 is 0 Å². The van der Waals surface area contributed by atoms with Gasteiger partial charge in [-0.2, -0.15) is 5.10 Å². The minimum atomic E-state index is -0.333. The SMILES string of the molecule is CC(C)c1nn(C)c2c1c(=O)n(C)c(=O)n2C. The Morgan fingerprint density at radius 3 is 2.18 bits per heavy atom. The molecule has 0 unspecified atom stereocenters. The Balaban J connectivity index is 3.15. The van der Waals surface area contributed by atoms with E-state index in [4.69, 9.17) is 0 Å². The van der Waals surface area contributed by atoms with Crippen LogP contribution in [0.3, 0.4) is 0 Å². The molecule has 2 aromatic rings. The first-order valence-electron chi connectivity index (χ1n) is 5.48. The molecule has 0 radical (unpaired) electrons. The van der Waals surface area contributed by atoms with E-state index in [1.54, 1.807) is 18.8 Å². The minimum absolute atomic E-state index is 0.143. The standard InChI is InChI=1S/C11H16N4O2/c1-6(2)8-7-9(15(5)12-8)13(3)11(17)14(4)10(7)16/h6H,1-5H3.